The van der Waals surface area contributed by atoms with Crippen LogP contribution in [0, 0.1) is 6.92 Å². The van der Waals surface area contributed by atoms with Crippen LogP contribution < -0.4 is 5.19 Å². The van der Waals surface area contributed by atoms with Gasteiger partial charge in [-0.1, -0.05) is 17.7 Å². The highest BCUT2D eigenvalue weighted by Crippen LogP contribution is 2.05. The lowest BCUT2D eigenvalue weighted by molar-refractivity contribution is 0.484. The third kappa shape index (κ3) is 1.93. The second-order valence-electron chi connectivity index (χ2n) is 2.47. The van der Waals surface area contributed by atoms with Crippen molar-refractivity contribution in [3.8, 4) is 0 Å². The molecule has 3 radical (unpaired) electrons. The predicted molar refractivity (Wildman–Crippen MR) is 46.4 cm³/mol. The molecule has 0 fully saturated rings. The highest BCUT2D eigenvalue weighted by Gasteiger charge is 2.11. The number of hydrogen-bond acceptors (Lipinski definition) is 2. The van der Waals surface area contributed by atoms with E-state index in [-0.39, 0.29) is 4.90 Å². The van der Waals surface area contributed by atoms with Gasteiger partial charge in [0.2, 0.25) is 0 Å². The summed E-state index contributed by atoms with van der Waals surface area (Å²) in [4.78, 5) is -0.107. The Hall–Kier alpha value is -0.653. The summed E-state index contributed by atoms with van der Waals surface area (Å²) in [6, 6.07) is 4.60. The summed E-state index contributed by atoms with van der Waals surface area (Å²) in [5, 5.41) is 0.373. The van der Waals surface area contributed by atoms with Gasteiger partial charge in [0.05, 0.1) is 15.1 Å². The van der Waals surface area contributed by atoms with E-state index in [4.69, 9.17) is 4.55 Å². The van der Waals surface area contributed by atoms with E-state index in [1.165, 1.54) is 6.07 Å². The molecule has 0 aliphatic rings. The van der Waals surface area contributed by atoms with Crippen LogP contribution in [0.3, 0.4) is 0 Å². The van der Waals surface area contributed by atoms with E-state index in [1.54, 1.807) is 12.1 Å². The van der Waals surface area contributed by atoms with Gasteiger partial charge in [0.25, 0.3) is 10.1 Å². The van der Waals surface area contributed by atoms with Crippen LogP contribution in [0.4, 0.5) is 0 Å². The topological polar surface area (TPSA) is 54.4 Å². The molecule has 0 aromatic heterocycles. The van der Waals surface area contributed by atoms with Crippen molar-refractivity contribution in [3.63, 3.8) is 0 Å². The Labute approximate surface area is 74.6 Å². The summed E-state index contributed by atoms with van der Waals surface area (Å²) < 4.78 is 30.1. The zero-order chi connectivity index (χ0) is 9.35. The molecular formula is C7H7O3SSi. The molecule has 0 aliphatic heterocycles. The number of benzene rings is 1. The molecule has 0 bridgehead atoms. The van der Waals surface area contributed by atoms with Crippen molar-refractivity contribution in [2.45, 2.75) is 11.8 Å². The van der Waals surface area contributed by atoms with Crippen LogP contribution in [-0.4, -0.2) is 23.2 Å². The van der Waals surface area contributed by atoms with Gasteiger partial charge in [0.1, 0.15) is 0 Å². The molecule has 0 atom stereocenters. The molecule has 0 heterocycles. The first-order valence-corrected chi connectivity index (χ1v) is 5.15. The zero-order valence-electron chi connectivity index (χ0n) is 6.40. The Bertz CT molecular complexity index is 397. The number of hydrogen-bond donors (Lipinski definition) is 1. The molecule has 63 valence electrons. The minimum absolute atomic E-state index is 0.107. The van der Waals surface area contributed by atoms with Gasteiger partial charge in [-0.05, 0) is 18.2 Å². The molecule has 0 saturated heterocycles. The van der Waals surface area contributed by atoms with Gasteiger partial charge in [-0.2, -0.15) is 8.42 Å². The van der Waals surface area contributed by atoms with Crippen molar-refractivity contribution in [2.75, 3.05) is 0 Å². The first-order chi connectivity index (χ1) is 5.41. The van der Waals surface area contributed by atoms with Crippen LogP contribution >= 0.6 is 0 Å². The van der Waals surface area contributed by atoms with Crippen LogP contribution in [0.1, 0.15) is 5.56 Å². The fraction of sp³-hybridized carbons (Fsp3) is 0.143. The zero-order valence-corrected chi connectivity index (χ0v) is 8.22. The van der Waals surface area contributed by atoms with Gasteiger partial charge in [0.15, 0.2) is 0 Å². The van der Waals surface area contributed by atoms with Gasteiger partial charge < -0.3 is 0 Å². The van der Waals surface area contributed by atoms with Crippen molar-refractivity contribution in [1.82, 2.24) is 0 Å². The van der Waals surface area contributed by atoms with E-state index in [2.05, 4.69) is 10.2 Å². The molecule has 0 spiro atoms. The Kier molecular flexibility index (Phi) is 2.36. The maximum Gasteiger partial charge on any atom is 0.294 e. The van der Waals surface area contributed by atoms with E-state index >= 15 is 0 Å². The van der Waals surface area contributed by atoms with Gasteiger partial charge in [-0.3, -0.25) is 4.55 Å². The van der Waals surface area contributed by atoms with Crippen molar-refractivity contribution in [1.29, 1.82) is 0 Å². The van der Waals surface area contributed by atoms with Crippen LogP contribution in [0.2, 0.25) is 0 Å². The molecule has 3 nitrogen and oxygen atoms in total. The van der Waals surface area contributed by atoms with Crippen molar-refractivity contribution >= 4 is 25.5 Å². The normalized spacial score (nSPS) is 11.6. The molecule has 0 amide bonds. The smallest absolute Gasteiger partial charge is 0.282 e. The SMILES string of the molecule is Cc1ccc(S(=O)(=O)O)c([Si])c1. The quantitative estimate of drug-likeness (QED) is 0.513. The third-order valence-electron chi connectivity index (χ3n) is 1.41. The average molecular weight is 199 g/mol. The molecule has 0 unspecified atom stereocenters. The van der Waals surface area contributed by atoms with Crippen molar-refractivity contribution in [3.05, 3.63) is 23.8 Å². The fourth-order valence-electron chi connectivity index (χ4n) is 0.869. The van der Waals surface area contributed by atoms with Crippen molar-refractivity contribution < 1.29 is 13.0 Å². The van der Waals surface area contributed by atoms with E-state index < -0.39 is 10.1 Å². The van der Waals surface area contributed by atoms with Crippen LogP contribution in [0.15, 0.2) is 23.1 Å². The average Bonchev–Trinajstić information content (AvgIpc) is 1.83. The molecule has 1 N–H and O–H groups in total. The second kappa shape index (κ2) is 3.00. The van der Waals surface area contributed by atoms with Gasteiger partial charge in [-0.15, -0.1) is 0 Å². The summed E-state index contributed by atoms with van der Waals surface area (Å²) in [5.41, 5.74) is 0.924. The molecule has 0 aliphatic carbocycles. The molecule has 5 heteroatoms. The summed E-state index contributed by atoms with van der Waals surface area (Å²) in [7, 11) is -1.00. The maximum absolute atomic E-state index is 10.7. The highest BCUT2D eigenvalue weighted by molar-refractivity contribution is 7.86. The van der Waals surface area contributed by atoms with E-state index in [9.17, 15) is 8.42 Å². The molecule has 1 rings (SSSR count). The Morgan fingerprint density at radius 1 is 1.42 bits per heavy atom. The largest absolute Gasteiger partial charge is 0.294 e. The summed E-state index contributed by atoms with van der Waals surface area (Å²) in [6.07, 6.45) is 0. The van der Waals surface area contributed by atoms with Crippen LogP contribution in [-0.2, 0) is 10.1 Å². The highest BCUT2D eigenvalue weighted by atomic mass is 32.2. The van der Waals surface area contributed by atoms with Crippen molar-refractivity contribution in [2.24, 2.45) is 0 Å². The molecule has 1 aromatic rings. The first kappa shape index (κ1) is 9.44. The van der Waals surface area contributed by atoms with E-state index in [0.29, 0.717) is 5.19 Å². The Morgan fingerprint density at radius 2 is 2.00 bits per heavy atom. The minimum Gasteiger partial charge on any atom is -0.282 e. The molecule has 0 saturated carbocycles. The van der Waals surface area contributed by atoms with Gasteiger partial charge in [-0.25, -0.2) is 0 Å². The summed E-state index contributed by atoms with van der Waals surface area (Å²) >= 11 is 0. The fourth-order valence-corrected chi connectivity index (χ4v) is 2.14. The molecular weight excluding hydrogens is 192 g/mol. The first-order valence-electron chi connectivity index (χ1n) is 3.21. The van der Waals surface area contributed by atoms with Gasteiger partial charge >= 0.3 is 0 Å². The number of aryl methyl sites for hydroxylation is 1. The predicted octanol–water partition coefficient (Wildman–Crippen LogP) is 0.0355. The lowest BCUT2D eigenvalue weighted by Gasteiger charge is -2.02. The second-order valence-corrected chi connectivity index (χ2v) is 4.40. The minimum atomic E-state index is -4.10. The monoisotopic (exact) mass is 199 g/mol. The lowest BCUT2D eigenvalue weighted by atomic mass is 10.2. The Morgan fingerprint density at radius 3 is 2.42 bits per heavy atom. The summed E-state index contributed by atoms with van der Waals surface area (Å²) in [6.45, 7) is 1.83. The van der Waals surface area contributed by atoms with E-state index in [0.717, 1.165) is 5.56 Å². The summed E-state index contributed by atoms with van der Waals surface area (Å²) in [5.74, 6) is 0. The van der Waals surface area contributed by atoms with Crippen LogP contribution in [0.25, 0.3) is 0 Å². The number of rotatable bonds is 1. The van der Waals surface area contributed by atoms with E-state index in [1.807, 2.05) is 6.92 Å². The maximum atomic E-state index is 10.7. The lowest BCUT2D eigenvalue weighted by Crippen LogP contribution is -2.15. The van der Waals surface area contributed by atoms with Gasteiger partial charge in [0, 0.05) is 0 Å². The Balaban J connectivity index is 3.39. The van der Waals surface area contributed by atoms with Crippen LogP contribution in [0.5, 0.6) is 0 Å². The standard InChI is InChI=1S/C7H7O3SSi/c1-5-2-3-6(7(12)4-5)11(8,9)10/h2-4H,1H3,(H,8,9,10). The third-order valence-corrected chi connectivity index (χ3v) is 2.92. The molecule has 1 aromatic carbocycles. The molecule has 12 heavy (non-hydrogen) atoms.